The second-order valence-electron chi connectivity index (χ2n) is 4.74. The Labute approximate surface area is 98.3 Å². The van der Waals surface area contributed by atoms with Gasteiger partial charge in [0.15, 0.2) is 0 Å². The third-order valence-electron chi connectivity index (χ3n) is 3.80. The van der Waals surface area contributed by atoms with E-state index in [0.29, 0.717) is 6.04 Å². The van der Waals surface area contributed by atoms with E-state index in [4.69, 9.17) is 0 Å². The van der Waals surface area contributed by atoms with Gasteiger partial charge in [0.1, 0.15) is 5.82 Å². The van der Waals surface area contributed by atoms with Gasteiger partial charge in [-0.25, -0.2) is 4.98 Å². The largest absolute Gasteiger partial charge is 0.334 e. The van der Waals surface area contributed by atoms with Crippen molar-refractivity contribution in [3.63, 3.8) is 0 Å². The van der Waals surface area contributed by atoms with Crippen molar-refractivity contribution >= 4 is 0 Å². The molecule has 1 heterocycles. The predicted octanol–water partition coefficient (Wildman–Crippen LogP) is 2.74. The molecule has 1 aromatic heterocycles. The van der Waals surface area contributed by atoms with Crippen LogP contribution < -0.4 is 5.32 Å². The summed E-state index contributed by atoms with van der Waals surface area (Å²) >= 11 is 0. The molecule has 1 aromatic rings. The Morgan fingerprint density at radius 2 is 2.19 bits per heavy atom. The molecule has 1 fully saturated rings. The van der Waals surface area contributed by atoms with Crippen LogP contribution in [0.25, 0.3) is 0 Å². The number of hydrogen-bond donors (Lipinski definition) is 1. The van der Waals surface area contributed by atoms with Gasteiger partial charge >= 0.3 is 0 Å². The number of aromatic nitrogens is 2. The number of nitrogens with zero attached hydrogens (tertiary/aromatic N) is 2. The molecule has 1 N–H and O–H groups in total. The summed E-state index contributed by atoms with van der Waals surface area (Å²) in [5, 5.41) is 3.47. The molecule has 3 nitrogen and oxygen atoms in total. The van der Waals surface area contributed by atoms with E-state index in [2.05, 4.69) is 35.0 Å². The third-order valence-corrected chi connectivity index (χ3v) is 3.80. The van der Waals surface area contributed by atoms with Crippen LogP contribution in [0.3, 0.4) is 0 Å². The Bertz CT molecular complexity index is 313. The van der Waals surface area contributed by atoms with Crippen molar-refractivity contribution in [1.29, 1.82) is 0 Å². The molecule has 1 aliphatic carbocycles. The molecule has 0 bridgehead atoms. The van der Waals surface area contributed by atoms with E-state index in [9.17, 15) is 0 Å². The van der Waals surface area contributed by atoms with Gasteiger partial charge < -0.3 is 9.88 Å². The van der Waals surface area contributed by atoms with Crippen molar-refractivity contribution in [2.75, 3.05) is 7.05 Å². The lowest BCUT2D eigenvalue weighted by Gasteiger charge is -2.29. The topological polar surface area (TPSA) is 29.9 Å². The van der Waals surface area contributed by atoms with E-state index in [1.54, 1.807) is 0 Å². The Morgan fingerprint density at radius 3 is 2.81 bits per heavy atom. The third kappa shape index (κ3) is 2.29. The number of rotatable bonds is 4. The van der Waals surface area contributed by atoms with Gasteiger partial charge in [0.05, 0.1) is 6.04 Å². The molecule has 1 aliphatic rings. The van der Waals surface area contributed by atoms with Crippen LogP contribution in [-0.4, -0.2) is 16.6 Å². The average Bonchev–Trinajstić information content (AvgIpc) is 2.80. The van der Waals surface area contributed by atoms with Crippen LogP contribution in [0.4, 0.5) is 0 Å². The summed E-state index contributed by atoms with van der Waals surface area (Å²) in [4.78, 5) is 4.53. The van der Waals surface area contributed by atoms with Gasteiger partial charge in [0.2, 0.25) is 0 Å². The number of aryl methyl sites for hydroxylation is 1. The summed E-state index contributed by atoms with van der Waals surface area (Å²) in [5.74, 6) is 1.99. The lowest BCUT2D eigenvalue weighted by atomic mass is 9.83. The normalized spacial score (nSPS) is 19.9. The number of nitrogens with one attached hydrogen (secondary N) is 1. The van der Waals surface area contributed by atoms with Crippen LogP contribution in [0.15, 0.2) is 12.4 Å². The standard InChI is InChI=1S/C13H23N3/c1-3-16-10-9-15-13(16)12(14-2)11-7-5-4-6-8-11/h9-12,14H,3-8H2,1-2H3. The van der Waals surface area contributed by atoms with Crippen molar-refractivity contribution in [3.05, 3.63) is 18.2 Å². The lowest BCUT2D eigenvalue weighted by molar-refractivity contribution is 0.269. The molecule has 1 saturated carbocycles. The molecule has 2 rings (SSSR count). The maximum absolute atomic E-state index is 4.53. The van der Waals surface area contributed by atoms with Crippen molar-refractivity contribution in [3.8, 4) is 0 Å². The highest BCUT2D eigenvalue weighted by atomic mass is 15.1. The second kappa shape index (κ2) is 5.48. The van der Waals surface area contributed by atoms with Gasteiger partial charge in [-0.2, -0.15) is 0 Å². The molecule has 0 spiro atoms. The van der Waals surface area contributed by atoms with Gasteiger partial charge in [0.25, 0.3) is 0 Å². The summed E-state index contributed by atoms with van der Waals surface area (Å²) in [6, 6.07) is 0.440. The lowest BCUT2D eigenvalue weighted by Crippen LogP contribution is -2.29. The average molecular weight is 221 g/mol. The molecule has 0 aromatic carbocycles. The summed E-state index contributed by atoms with van der Waals surface area (Å²) < 4.78 is 2.26. The van der Waals surface area contributed by atoms with Gasteiger partial charge in [0, 0.05) is 18.9 Å². The first-order valence-corrected chi connectivity index (χ1v) is 6.55. The van der Waals surface area contributed by atoms with Crippen LogP contribution in [0.1, 0.15) is 50.9 Å². The van der Waals surface area contributed by atoms with Gasteiger partial charge in [-0.1, -0.05) is 19.3 Å². The fraction of sp³-hybridized carbons (Fsp3) is 0.769. The fourth-order valence-electron chi connectivity index (χ4n) is 2.91. The van der Waals surface area contributed by atoms with E-state index in [1.807, 2.05) is 6.20 Å². The Balaban J connectivity index is 2.14. The molecular weight excluding hydrogens is 198 g/mol. The zero-order valence-corrected chi connectivity index (χ0v) is 10.4. The summed E-state index contributed by atoms with van der Waals surface area (Å²) in [5.41, 5.74) is 0. The number of imidazole rings is 1. The van der Waals surface area contributed by atoms with E-state index >= 15 is 0 Å². The van der Waals surface area contributed by atoms with Crippen LogP contribution >= 0.6 is 0 Å². The smallest absolute Gasteiger partial charge is 0.126 e. The molecule has 1 atom stereocenters. The molecule has 0 saturated heterocycles. The summed E-state index contributed by atoms with van der Waals surface area (Å²) in [6.45, 7) is 3.19. The van der Waals surface area contributed by atoms with Crippen LogP contribution in [0.5, 0.6) is 0 Å². The SMILES string of the molecule is CCn1ccnc1C(NC)C1CCCCC1. The molecule has 0 amide bonds. The first kappa shape index (κ1) is 11.6. The summed E-state index contributed by atoms with van der Waals surface area (Å²) in [7, 11) is 2.06. The van der Waals surface area contributed by atoms with Gasteiger partial charge in [-0.3, -0.25) is 0 Å². The zero-order chi connectivity index (χ0) is 11.4. The molecule has 0 aliphatic heterocycles. The van der Waals surface area contributed by atoms with Crippen LogP contribution in [-0.2, 0) is 6.54 Å². The predicted molar refractivity (Wildman–Crippen MR) is 66.3 cm³/mol. The molecule has 90 valence electrons. The minimum Gasteiger partial charge on any atom is -0.334 e. The van der Waals surface area contributed by atoms with Crippen molar-refractivity contribution in [2.45, 2.75) is 51.6 Å². The highest BCUT2D eigenvalue weighted by Gasteiger charge is 2.26. The molecule has 16 heavy (non-hydrogen) atoms. The minimum atomic E-state index is 0.440. The molecular formula is C13H23N3. The zero-order valence-electron chi connectivity index (χ0n) is 10.4. The minimum absolute atomic E-state index is 0.440. The molecule has 1 unspecified atom stereocenters. The number of hydrogen-bond acceptors (Lipinski definition) is 2. The Kier molecular flexibility index (Phi) is 3.99. The summed E-state index contributed by atoms with van der Waals surface area (Å²) in [6.07, 6.45) is 10.9. The maximum Gasteiger partial charge on any atom is 0.126 e. The first-order valence-electron chi connectivity index (χ1n) is 6.55. The quantitative estimate of drug-likeness (QED) is 0.847. The monoisotopic (exact) mass is 221 g/mol. The highest BCUT2D eigenvalue weighted by molar-refractivity contribution is 5.02. The first-order chi connectivity index (χ1) is 7.86. The van der Waals surface area contributed by atoms with Crippen LogP contribution in [0, 0.1) is 5.92 Å². The highest BCUT2D eigenvalue weighted by Crippen LogP contribution is 2.33. The molecule has 3 heteroatoms. The van der Waals surface area contributed by atoms with Crippen LogP contribution in [0.2, 0.25) is 0 Å². The van der Waals surface area contributed by atoms with Crippen molar-refractivity contribution in [2.24, 2.45) is 5.92 Å². The van der Waals surface area contributed by atoms with Gasteiger partial charge in [-0.05, 0) is 32.7 Å². The van der Waals surface area contributed by atoms with E-state index in [-0.39, 0.29) is 0 Å². The molecule has 0 radical (unpaired) electrons. The van der Waals surface area contributed by atoms with E-state index in [1.165, 1.54) is 37.9 Å². The maximum atomic E-state index is 4.53. The van der Waals surface area contributed by atoms with E-state index in [0.717, 1.165) is 12.5 Å². The van der Waals surface area contributed by atoms with Crippen molar-refractivity contribution in [1.82, 2.24) is 14.9 Å². The second-order valence-corrected chi connectivity index (χ2v) is 4.74. The van der Waals surface area contributed by atoms with Gasteiger partial charge in [-0.15, -0.1) is 0 Å². The Hall–Kier alpha value is -0.830. The van der Waals surface area contributed by atoms with Crippen molar-refractivity contribution < 1.29 is 0 Å². The Morgan fingerprint density at radius 1 is 1.44 bits per heavy atom. The fourth-order valence-corrected chi connectivity index (χ4v) is 2.91. The van der Waals surface area contributed by atoms with E-state index < -0.39 is 0 Å².